The van der Waals surface area contributed by atoms with E-state index in [4.69, 9.17) is 4.74 Å². The lowest BCUT2D eigenvalue weighted by Gasteiger charge is -2.33. The van der Waals surface area contributed by atoms with Gasteiger partial charge in [0, 0.05) is 37.7 Å². The van der Waals surface area contributed by atoms with Crippen LogP contribution in [-0.2, 0) is 17.9 Å². The Kier molecular flexibility index (Phi) is 4.15. The van der Waals surface area contributed by atoms with Crippen LogP contribution in [0.15, 0.2) is 24.5 Å². The first-order valence-corrected chi connectivity index (χ1v) is 7.43. The zero-order valence-electron chi connectivity index (χ0n) is 12.8. The number of carbonyl (C=O) groups is 1. The van der Waals surface area contributed by atoms with E-state index in [1.165, 1.54) is 0 Å². The minimum atomic E-state index is -0.114. The smallest absolute Gasteiger partial charge is 0.254 e. The second-order valence-electron chi connectivity index (χ2n) is 5.17. The van der Waals surface area contributed by atoms with Crippen molar-refractivity contribution in [3.8, 4) is 0 Å². The summed E-state index contributed by atoms with van der Waals surface area (Å²) in [5.41, 5.74) is 0.643. The number of ether oxygens (including phenoxy) is 1. The lowest BCUT2D eigenvalue weighted by Crippen LogP contribution is -2.41. The van der Waals surface area contributed by atoms with Gasteiger partial charge in [0.2, 0.25) is 0 Å². The second kappa shape index (κ2) is 6.23. The maximum absolute atomic E-state index is 12.6. The molecule has 1 aliphatic rings. The Morgan fingerprint density at radius 3 is 2.82 bits per heavy atom. The first-order valence-electron chi connectivity index (χ1n) is 7.43. The standard InChI is InChI=1S/C15H19N5O2/c1-3-22-10-13-17-18-14-11(2)19(8-9-20(13)14)15(21)12-4-6-16-7-5-12/h4-7,11H,3,8-10H2,1-2H3/t11-/m0/s1. The highest BCUT2D eigenvalue weighted by Gasteiger charge is 2.31. The van der Waals surface area contributed by atoms with Crippen LogP contribution in [0.4, 0.5) is 0 Å². The molecule has 3 rings (SSSR count). The van der Waals surface area contributed by atoms with Crippen molar-refractivity contribution in [2.24, 2.45) is 0 Å². The van der Waals surface area contributed by atoms with E-state index in [0.29, 0.717) is 31.9 Å². The van der Waals surface area contributed by atoms with Crippen molar-refractivity contribution in [1.29, 1.82) is 0 Å². The van der Waals surface area contributed by atoms with Crippen LogP contribution < -0.4 is 0 Å². The molecule has 0 spiro atoms. The Bertz CT molecular complexity index is 655. The summed E-state index contributed by atoms with van der Waals surface area (Å²) in [6.45, 7) is 6.34. The highest BCUT2D eigenvalue weighted by Crippen LogP contribution is 2.26. The van der Waals surface area contributed by atoms with Gasteiger partial charge in [-0.05, 0) is 26.0 Å². The number of carbonyl (C=O) groups excluding carboxylic acids is 1. The number of hydrogen-bond donors (Lipinski definition) is 0. The summed E-state index contributed by atoms with van der Waals surface area (Å²) in [7, 11) is 0. The summed E-state index contributed by atoms with van der Waals surface area (Å²) in [5.74, 6) is 1.62. The molecule has 7 heteroatoms. The van der Waals surface area contributed by atoms with Gasteiger partial charge in [-0.3, -0.25) is 9.78 Å². The van der Waals surface area contributed by atoms with Gasteiger partial charge >= 0.3 is 0 Å². The summed E-state index contributed by atoms with van der Waals surface area (Å²) in [6, 6.07) is 3.35. The quantitative estimate of drug-likeness (QED) is 0.854. The molecule has 2 aromatic rings. The fourth-order valence-electron chi connectivity index (χ4n) is 2.68. The Labute approximate surface area is 128 Å². The Balaban J connectivity index is 1.81. The van der Waals surface area contributed by atoms with Crippen molar-refractivity contribution in [2.45, 2.75) is 33.0 Å². The Morgan fingerprint density at radius 2 is 2.09 bits per heavy atom. The number of amides is 1. The topological polar surface area (TPSA) is 73.1 Å². The Morgan fingerprint density at radius 1 is 1.32 bits per heavy atom. The average molecular weight is 301 g/mol. The highest BCUT2D eigenvalue weighted by molar-refractivity contribution is 5.94. The van der Waals surface area contributed by atoms with E-state index in [1.807, 2.05) is 18.7 Å². The fourth-order valence-corrected chi connectivity index (χ4v) is 2.68. The predicted octanol–water partition coefficient (Wildman–Crippen LogP) is 1.43. The zero-order valence-corrected chi connectivity index (χ0v) is 12.8. The summed E-state index contributed by atoms with van der Waals surface area (Å²) < 4.78 is 7.46. The molecule has 7 nitrogen and oxygen atoms in total. The van der Waals surface area contributed by atoms with Crippen LogP contribution >= 0.6 is 0 Å². The van der Waals surface area contributed by atoms with Crippen LogP contribution in [0.25, 0.3) is 0 Å². The monoisotopic (exact) mass is 301 g/mol. The van der Waals surface area contributed by atoms with Crippen molar-refractivity contribution in [1.82, 2.24) is 24.6 Å². The van der Waals surface area contributed by atoms with Gasteiger partial charge < -0.3 is 14.2 Å². The van der Waals surface area contributed by atoms with E-state index in [9.17, 15) is 4.79 Å². The minimum absolute atomic E-state index is 0.00416. The zero-order chi connectivity index (χ0) is 15.5. The predicted molar refractivity (Wildman–Crippen MR) is 79.0 cm³/mol. The van der Waals surface area contributed by atoms with Gasteiger partial charge in [0.1, 0.15) is 6.61 Å². The van der Waals surface area contributed by atoms with Crippen molar-refractivity contribution in [3.63, 3.8) is 0 Å². The number of rotatable bonds is 4. The molecule has 0 aromatic carbocycles. The van der Waals surface area contributed by atoms with Gasteiger partial charge in [-0.25, -0.2) is 0 Å². The first-order chi connectivity index (χ1) is 10.7. The van der Waals surface area contributed by atoms with Crippen molar-refractivity contribution in [2.75, 3.05) is 13.2 Å². The van der Waals surface area contributed by atoms with Gasteiger partial charge in [0.15, 0.2) is 11.6 Å². The normalized spacial score (nSPS) is 17.4. The third kappa shape index (κ3) is 2.59. The lowest BCUT2D eigenvalue weighted by atomic mass is 10.1. The van der Waals surface area contributed by atoms with Crippen LogP contribution in [0.5, 0.6) is 0 Å². The molecule has 0 aliphatic carbocycles. The molecule has 0 N–H and O–H groups in total. The molecule has 0 saturated heterocycles. The number of pyridine rings is 1. The maximum atomic E-state index is 12.6. The van der Waals surface area contributed by atoms with Crippen molar-refractivity contribution >= 4 is 5.91 Å². The van der Waals surface area contributed by atoms with E-state index in [0.717, 1.165) is 11.6 Å². The number of nitrogens with zero attached hydrogens (tertiary/aromatic N) is 5. The summed E-state index contributed by atoms with van der Waals surface area (Å²) in [4.78, 5) is 18.4. The summed E-state index contributed by atoms with van der Waals surface area (Å²) in [6.07, 6.45) is 3.26. The average Bonchev–Trinajstić information content (AvgIpc) is 2.97. The maximum Gasteiger partial charge on any atom is 0.254 e. The van der Waals surface area contributed by atoms with Crippen LogP contribution in [0.2, 0.25) is 0 Å². The minimum Gasteiger partial charge on any atom is -0.374 e. The molecule has 0 radical (unpaired) electrons. The van der Waals surface area contributed by atoms with Gasteiger partial charge in [-0.1, -0.05) is 0 Å². The van der Waals surface area contributed by atoms with Crippen molar-refractivity contribution in [3.05, 3.63) is 41.7 Å². The van der Waals surface area contributed by atoms with E-state index in [1.54, 1.807) is 24.5 Å². The molecular weight excluding hydrogens is 282 g/mol. The van der Waals surface area contributed by atoms with E-state index >= 15 is 0 Å². The molecule has 1 aliphatic heterocycles. The highest BCUT2D eigenvalue weighted by atomic mass is 16.5. The van der Waals surface area contributed by atoms with Gasteiger partial charge in [-0.15, -0.1) is 10.2 Å². The lowest BCUT2D eigenvalue weighted by molar-refractivity contribution is 0.0629. The third-order valence-electron chi connectivity index (χ3n) is 3.89. The molecular formula is C15H19N5O2. The van der Waals surface area contributed by atoms with Gasteiger partial charge in [-0.2, -0.15) is 0 Å². The largest absolute Gasteiger partial charge is 0.374 e. The van der Waals surface area contributed by atoms with Gasteiger partial charge in [0.05, 0.1) is 6.04 Å². The van der Waals surface area contributed by atoms with E-state index in [-0.39, 0.29) is 11.9 Å². The van der Waals surface area contributed by atoms with E-state index < -0.39 is 0 Å². The number of aromatic nitrogens is 4. The molecule has 2 aromatic heterocycles. The number of fused-ring (bicyclic) bond motifs is 1. The molecule has 116 valence electrons. The third-order valence-corrected chi connectivity index (χ3v) is 3.89. The fraction of sp³-hybridized carbons (Fsp3) is 0.467. The van der Waals surface area contributed by atoms with Crippen molar-refractivity contribution < 1.29 is 9.53 Å². The summed E-state index contributed by atoms with van der Waals surface area (Å²) in [5, 5.41) is 8.44. The van der Waals surface area contributed by atoms with E-state index in [2.05, 4.69) is 19.7 Å². The van der Waals surface area contributed by atoms with Crippen LogP contribution in [0, 0.1) is 0 Å². The second-order valence-corrected chi connectivity index (χ2v) is 5.17. The van der Waals surface area contributed by atoms with Crippen LogP contribution in [0.1, 0.15) is 41.9 Å². The molecule has 22 heavy (non-hydrogen) atoms. The summed E-state index contributed by atoms with van der Waals surface area (Å²) >= 11 is 0. The molecule has 0 saturated carbocycles. The SMILES string of the molecule is CCOCc1nnc2n1CCN(C(=O)c1ccncc1)[C@H]2C. The van der Waals surface area contributed by atoms with Crippen LogP contribution in [-0.4, -0.2) is 43.7 Å². The molecule has 1 amide bonds. The Hall–Kier alpha value is -2.28. The molecule has 0 fully saturated rings. The number of hydrogen-bond acceptors (Lipinski definition) is 5. The van der Waals surface area contributed by atoms with Crippen LogP contribution in [0.3, 0.4) is 0 Å². The molecule has 0 bridgehead atoms. The first kappa shape index (κ1) is 14.6. The molecule has 1 atom stereocenters. The van der Waals surface area contributed by atoms with Gasteiger partial charge in [0.25, 0.3) is 5.91 Å². The molecule has 0 unspecified atom stereocenters. The molecule has 3 heterocycles.